The van der Waals surface area contributed by atoms with E-state index in [2.05, 4.69) is 30.2 Å². The van der Waals surface area contributed by atoms with Crippen molar-refractivity contribution in [1.29, 1.82) is 0 Å². The first-order valence-corrected chi connectivity index (χ1v) is 9.44. The van der Waals surface area contributed by atoms with Crippen LogP contribution in [0.15, 0.2) is 30.5 Å². The number of carbonyl (C=O) groups is 1. The predicted octanol–water partition coefficient (Wildman–Crippen LogP) is 4.08. The maximum absolute atomic E-state index is 12.3. The third-order valence-corrected chi connectivity index (χ3v) is 4.41. The lowest BCUT2D eigenvalue weighted by molar-refractivity contribution is -0.274. The highest BCUT2D eigenvalue weighted by Gasteiger charge is 2.31. The molecular weight excluding hydrogens is 401 g/mol. The topological polar surface area (TPSA) is 82.6 Å². The van der Waals surface area contributed by atoms with Gasteiger partial charge in [0.05, 0.1) is 6.20 Å². The molecule has 0 radical (unpaired) electrons. The van der Waals surface area contributed by atoms with Crippen molar-refractivity contribution in [3.05, 3.63) is 30.5 Å². The molecule has 0 spiro atoms. The van der Waals surface area contributed by atoms with E-state index in [1.165, 1.54) is 18.6 Å². The predicted molar refractivity (Wildman–Crippen MR) is 108 cm³/mol. The maximum atomic E-state index is 12.3. The van der Waals surface area contributed by atoms with Crippen LogP contribution in [0.4, 0.5) is 41.1 Å². The third-order valence-electron chi connectivity index (χ3n) is 4.41. The second-order valence-corrected chi connectivity index (χ2v) is 7.00. The van der Waals surface area contributed by atoms with E-state index in [-0.39, 0.29) is 5.75 Å². The number of hydrogen-bond acceptors (Lipinski definition) is 6. The lowest BCUT2D eigenvalue weighted by atomic mass is 10.1. The summed E-state index contributed by atoms with van der Waals surface area (Å²) in [6, 6.07) is 4.28. The van der Waals surface area contributed by atoms with Crippen molar-refractivity contribution in [3.63, 3.8) is 0 Å². The van der Waals surface area contributed by atoms with E-state index in [1.807, 2.05) is 14.1 Å². The average Bonchev–Trinajstić information content (AvgIpc) is 2.69. The number of piperidine rings is 1. The summed E-state index contributed by atoms with van der Waals surface area (Å²) < 4.78 is 40.5. The number of nitrogens with one attached hydrogen (secondary N) is 2. The number of benzene rings is 1. The van der Waals surface area contributed by atoms with Crippen LogP contribution in [0.25, 0.3) is 0 Å². The van der Waals surface area contributed by atoms with Gasteiger partial charge in [-0.25, -0.2) is 9.78 Å². The van der Waals surface area contributed by atoms with Gasteiger partial charge in [0.2, 0.25) is 5.95 Å². The Morgan fingerprint density at radius 3 is 2.37 bits per heavy atom. The number of alkyl halides is 3. The minimum atomic E-state index is -4.77. The fourth-order valence-corrected chi connectivity index (χ4v) is 3.06. The van der Waals surface area contributed by atoms with Gasteiger partial charge in [0.15, 0.2) is 5.82 Å². The molecule has 0 bridgehead atoms. The number of urea groups is 1. The Kier molecular flexibility index (Phi) is 6.48. The zero-order valence-electron chi connectivity index (χ0n) is 16.7. The van der Waals surface area contributed by atoms with E-state index in [4.69, 9.17) is 0 Å². The molecule has 2 heterocycles. The lowest BCUT2D eigenvalue weighted by Crippen LogP contribution is -2.31. The molecule has 1 aliphatic rings. The van der Waals surface area contributed by atoms with Gasteiger partial charge in [0.25, 0.3) is 0 Å². The minimum absolute atomic E-state index is 0.305. The Hall–Kier alpha value is -3.24. The number of halogens is 3. The monoisotopic (exact) mass is 424 g/mol. The molecule has 1 fully saturated rings. The Morgan fingerprint density at radius 2 is 1.77 bits per heavy atom. The fourth-order valence-electron chi connectivity index (χ4n) is 3.06. The summed E-state index contributed by atoms with van der Waals surface area (Å²) in [7, 11) is 3.62. The summed E-state index contributed by atoms with van der Waals surface area (Å²) in [5.74, 6) is 0.796. The summed E-state index contributed by atoms with van der Waals surface area (Å²) in [5, 5.41) is 5.23. The molecule has 1 aliphatic heterocycles. The highest BCUT2D eigenvalue weighted by atomic mass is 19.4. The third kappa shape index (κ3) is 5.88. The van der Waals surface area contributed by atoms with Crippen molar-refractivity contribution in [2.75, 3.05) is 47.6 Å². The van der Waals surface area contributed by atoms with Gasteiger partial charge in [0, 0.05) is 32.9 Å². The highest BCUT2D eigenvalue weighted by molar-refractivity contribution is 6.01. The number of amides is 2. The summed E-state index contributed by atoms with van der Waals surface area (Å²) in [5.41, 5.74) is 0.717. The molecule has 8 nitrogen and oxygen atoms in total. The molecule has 2 aromatic rings. The van der Waals surface area contributed by atoms with Gasteiger partial charge in [-0.15, -0.1) is 13.2 Å². The highest BCUT2D eigenvalue weighted by Crippen LogP contribution is 2.26. The number of ether oxygens (including phenoxy) is 1. The molecule has 3 rings (SSSR count). The van der Waals surface area contributed by atoms with Gasteiger partial charge >= 0.3 is 12.4 Å². The zero-order valence-corrected chi connectivity index (χ0v) is 16.7. The van der Waals surface area contributed by atoms with Crippen LogP contribution in [0.1, 0.15) is 19.3 Å². The van der Waals surface area contributed by atoms with E-state index in [0.717, 1.165) is 38.1 Å². The van der Waals surface area contributed by atoms with Gasteiger partial charge in [0.1, 0.15) is 11.4 Å². The number of nitrogens with zero attached hydrogens (tertiary/aromatic N) is 4. The first-order valence-electron chi connectivity index (χ1n) is 9.44. The lowest BCUT2D eigenvalue weighted by Gasteiger charge is -2.28. The number of anilines is 4. The standard InChI is InChI=1S/C19H23F3N6O2/c1-27(2)16-15(12-23-17(26-16)28-10-4-3-5-11-28)25-18(29)24-13-6-8-14(9-7-13)30-19(20,21)22/h6-9,12H,3-5,10-11H2,1-2H3,(H2,24,25,29). The van der Waals surface area contributed by atoms with Gasteiger partial charge in [-0.2, -0.15) is 4.98 Å². The van der Waals surface area contributed by atoms with E-state index in [0.29, 0.717) is 23.1 Å². The Labute approximate surface area is 172 Å². The Bertz CT molecular complexity index is 868. The first kappa shape index (κ1) is 21.5. The Balaban J connectivity index is 1.66. The van der Waals surface area contributed by atoms with Gasteiger partial charge in [-0.05, 0) is 43.5 Å². The number of aromatic nitrogens is 2. The van der Waals surface area contributed by atoms with Crippen molar-refractivity contribution in [3.8, 4) is 5.75 Å². The van der Waals surface area contributed by atoms with Crippen LogP contribution in [0, 0.1) is 0 Å². The number of hydrogen-bond donors (Lipinski definition) is 2. The summed E-state index contributed by atoms with van der Waals surface area (Å²) >= 11 is 0. The van der Waals surface area contributed by atoms with E-state index < -0.39 is 12.4 Å². The molecule has 30 heavy (non-hydrogen) atoms. The molecule has 1 saturated heterocycles. The Morgan fingerprint density at radius 1 is 1.10 bits per heavy atom. The smallest absolute Gasteiger partial charge is 0.406 e. The van der Waals surface area contributed by atoms with Crippen molar-refractivity contribution >= 4 is 29.2 Å². The normalized spacial score (nSPS) is 14.2. The molecule has 1 aromatic heterocycles. The van der Waals surface area contributed by atoms with E-state index in [1.54, 1.807) is 11.1 Å². The number of rotatable bonds is 5. The van der Waals surface area contributed by atoms with Crippen molar-refractivity contribution in [2.45, 2.75) is 25.6 Å². The molecular formula is C19H23F3N6O2. The van der Waals surface area contributed by atoms with E-state index in [9.17, 15) is 18.0 Å². The van der Waals surface area contributed by atoms with Crippen molar-refractivity contribution in [1.82, 2.24) is 9.97 Å². The molecule has 1 aromatic carbocycles. The summed E-state index contributed by atoms with van der Waals surface area (Å²) in [6.45, 7) is 1.79. The second-order valence-electron chi connectivity index (χ2n) is 7.00. The van der Waals surface area contributed by atoms with Crippen molar-refractivity contribution in [2.24, 2.45) is 0 Å². The van der Waals surface area contributed by atoms with Crippen molar-refractivity contribution < 1.29 is 22.7 Å². The molecule has 11 heteroatoms. The van der Waals surface area contributed by atoms with Crippen LogP contribution in [0.3, 0.4) is 0 Å². The first-order chi connectivity index (χ1) is 14.2. The average molecular weight is 424 g/mol. The van der Waals surface area contributed by atoms with Crippen LogP contribution in [-0.2, 0) is 0 Å². The van der Waals surface area contributed by atoms with Gasteiger partial charge in [-0.3, -0.25) is 0 Å². The number of carbonyl (C=O) groups excluding carboxylic acids is 1. The van der Waals surface area contributed by atoms with Crippen LogP contribution < -0.4 is 25.2 Å². The van der Waals surface area contributed by atoms with Crippen LogP contribution in [-0.4, -0.2) is 49.5 Å². The molecule has 2 N–H and O–H groups in total. The van der Waals surface area contributed by atoms with Crippen LogP contribution >= 0.6 is 0 Å². The largest absolute Gasteiger partial charge is 0.573 e. The van der Waals surface area contributed by atoms with E-state index >= 15 is 0 Å². The summed E-state index contributed by atoms with van der Waals surface area (Å²) in [6.07, 6.45) is 0.160. The molecule has 162 valence electrons. The summed E-state index contributed by atoms with van der Waals surface area (Å²) in [4.78, 5) is 25.2. The van der Waals surface area contributed by atoms with Crippen LogP contribution in [0.2, 0.25) is 0 Å². The molecule has 0 aliphatic carbocycles. The van der Waals surface area contributed by atoms with Crippen LogP contribution in [0.5, 0.6) is 5.75 Å². The maximum Gasteiger partial charge on any atom is 0.573 e. The molecule has 2 amide bonds. The zero-order chi connectivity index (χ0) is 21.7. The van der Waals surface area contributed by atoms with Gasteiger partial charge < -0.3 is 25.2 Å². The minimum Gasteiger partial charge on any atom is -0.406 e. The fraction of sp³-hybridized carbons (Fsp3) is 0.421. The molecule has 0 saturated carbocycles. The quantitative estimate of drug-likeness (QED) is 0.753. The SMILES string of the molecule is CN(C)c1nc(N2CCCCC2)ncc1NC(=O)Nc1ccc(OC(F)(F)F)cc1. The van der Waals surface area contributed by atoms with Gasteiger partial charge in [-0.1, -0.05) is 0 Å². The second kappa shape index (κ2) is 9.06. The molecule has 0 atom stereocenters. The molecule has 0 unspecified atom stereocenters.